The number of benzene rings is 1. The van der Waals surface area contributed by atoms with Crippen molar-refractivity contribution in [2.24, 2.45) is 17.6 Å². The fourth-order valence-corrected chi connectivity index (χ4v) is 5.27. The minimum absolute atomic E-state index is 0.0173. The quantitative estimate of drug-likeness (QED) is 0.205. The fraction of sp³-hybridized carbons (Fsp3) is 0.381. The lowest BCUT2D eigenvalue weighted by Crippen LogP contribution is -2.65. The summed E-state index contributed by atoms with van der Waals surface area (Å²) >= 11 is 0. The van der Waals surface area contributed by atoms with Gasteiger partial charge in [-0.3, -0.25) is 19.3 Å². The first-order valence-corrected chi connectivity index (χ1v) is 9.68. The zero-order valence-electron chi connectivity index (χ0n) is 16.9. The molecule has 1 aromatic carbocycles. The lowest BCUT2D eigenvalue weighted by Gasteiger charge is -2.50. The van der Waals surface area contributed by atoms with Crippen molar-refractivity contribution < 1.29 is 34.8 Å². The number of anilines is 1. The number of fused-ring (bicyclic) bond motifs is 3. The Morgan fingerprint density at radius 2 is 1.84 bits per heavy atom. The second-order valence-electron chi connectivity index (χ2n) is 8.49. The number of carbonyl (C=O) groups excluding carboxylic acids is 3. The highest BCUT2D eigenvalue weighted by molar-refractivity contribution is 6.24. The highest BCUT2D eigenvalue weighted by Gasteiger charge is 2.64. The molecule has 0 radical (unpaired) electrons. The van der Waals surface area contributed by atoms with Gasteiger partial charge in [0.25, 0.3) is 5.91 Å². The van der Waals surface area contributed by atoms with Crippen molar-refractivity contribution in [2.45, 2.75) is 24.5 Å². The molecule has 4 rings (SSSR count). The predicted molar refractivity (Wildman–Crippen MR) is 109 cm³/mol. The maximum Gasteiger partial charge on any atom is 0.255 e. The van der Waals surface area contributed by atoms with Crippen LogP contribution in [0.5, 0.6) is 5.75 Å². The largest absolute Gasteiger partial charge is 0.508 e. The summed E-state index contributed by atoms with van der Waals surface area (Å²) in [7, 11) is 3.09. The monoisotopic (exact) mass is 429 g/mol. The molecule has 1 saturated carbocycles. The summed E-state index contributed by atoms with van der Waals surface area (Å²) < 4.78 is 0. The van der Waals surface area contributed by atoms with Gasteiger partial charge in [0.05, 0.1) is 11.6 Å². The molecule has 1 aromatic rings. The van der Waals surface area contributed by atoms with E-state index in [1.165, 1.54) is 17.0 Å². The van der Waals surface area contributed by atoms with Crippen LogP contribution in [0.4, 0.5) is 5.69 Å². The molecule has 31 heavy (non-hydrogen) atoms. The van der Waals surface area contributed by atoms with Crippen LogP contribution < -0.4 is 11.5 Å². The number of carbonyl (C=O) groups is 3. The summed E-state index contributed by atoms with van der Waals surface area (Å²) in [5.41, 5.74) is 8.35. The van der Waals surface area contributed by atoms with E-state index in [0.29, 0.717) is 11.3 Å². The van der Waals surface area contributed by atoms with Crippen LogP contribution in [0, 0.1) is 11.8 Å². The van der Waals surface area contributed by atoms with Crippen molar-refractivity contribution >= 4 is 28.9 Å². The molecule has 0 bridgehead atoms. The minimum Gasteiger partial charge on any atom is -0.508 e. The molecule has 1 unspecified atom stereocenters. The van der Waals surface area contributed by atoms with Gasteiger partial charge in [0.2, 0.25) is 5.78 Å². The summed E-state index contributed by atoms with van der Waals surface area (Å²) in [6.07, 6.45) is 0.204. The highest BCUT2D eigenvalue weighted by atomic mass is 16.3. The number of amides is 1. The Balaban J connectivity index is 1.99. The Labute approximate surface area is 177 Å². The van der Waals surface area contributed by atoms with E-state index in [0.717, 1.165) is 0 Å². The Kier molecular flexibility index (Phi) is 4.42. The first-order chi connectivity index (χ1) is 14.4. The number of phenolic OH excluding ortho intramolecular Hbond substituents is 1. The number of rotatable bonds is 2. The molecule has 0 saturated heterocycles. The summed E-state index contributed by atoms with van der Waals surface area (Å²) in [6.45, 7) is 0. The van der Waals surface area contributed by atoms with Crippen molar-refractivity contribution in [3.8, 4) is 5.75 Å². The molecule has 0 spiro atoms. The number of likely N-dealkylation sites (N-methyl/N-ethyl adjacent to an activating group) is 1. The Hall–Kier alpha value is -3.37. The maximum atomic E-state index is 13.5. The average molecular weight is 429 g/mol. The number of aliphatic hydroxyl groups excluding tert-OH is 2. The Bertz CT molecular complexity index is 1120. The number of ketones is 2. The molecular weight excluding hydrogens is 406 g/mol. The number of nitrogen functional groups attached to an aromatic ring is 1. The number of aromatic hydroxyl groups is 1. The topological polar surface area (TPSA) is 187 Å². The minimum atomic E-state index is -2.64. The average Bonchev–Trinajstić information content (AvgIpc) is 2.67. The van der Waals surface area contributed by atoms with Gasteiger partial charge in [-0.05, 0) is 50.6 Å². The SMILES string of the molecule is CN(C)[C@@H]1C(=O)C(C(N)=O)=C(O)[C@@]2(O)C(=O)C3=C(O)c4c(O)ccc(N)c4CC3C[C@@H]12. The standard InChI is InChI=1S/C21H23N3O7/c1-24(2)15-9-6-7-5-8-10(22)3-4-11(25)13(8)16(26)12(7)18(28)21(9,31)19(29)14(17(15)27)20(23)30/h3-4,7,9,15,25-26,29,31H,5-6,22H2,1-2H3,(H2,23,30)/t7?,9-,15-,21-/m0/s1. The number of phenols is 1. The van der Waals surface area contributed by atoms with E-state index in [9.17, 15) is 34.8 Å². The molecule has 10 heteroatoms. The maximum absolute atomic E-state index is 13.5. The van der Waals surface area contributed by atoms with Crippen molar-refractivity contribution in [1.29, 1.82) is 0 Å². The number of nitrogens with two attached hydrogens (primary N) is 2. The van der Waals surface area contributed by atoms with Crippen molar-refractivity contribution in [1.82, 2.24) is 4.90 Å². The molecule has 0 aromatic heterocycles. The molecule has 10 nitrogen and oxygen atoms in total. The molecule has 4 atom stereocenters. The van der Waals surface area contributed by atoms with Gasteiger partial charge in [-0.15, -0.1) is 0 Å². The summed E-state index contributed by atoms with van der Waals surface area (Å²) in [5, 5.41) is 43.3. The lowest BCUT2D eigenvalue weighted by atomic mass is 9.57. The molecule has 0 aliphatic heterocycles. The summed E-state index contributed by atoms with van der Waals surface area (Å²) in [4.78, 5) is 39.8. The van der Waals surface area contributed by atoms with Gasteiger partial charge in [-0.25, -0.2) is 0 Å². The lowest BCUT2D eigenvalue weighted by molar-refractivity contribution is -0.153. The Morgan fingerprint density at radius 3 is 2.42 bits per heavy atom. The van der Waals surface area contributed by atoms with Crippen molar-refractivity contribution in [3.05, 3.63) is 40.2 Å². The van der Waals surface area contributed by atoms with Gasteiger partial charge in [-0.1, -0.05) is 0 Å². The molecule has 8 N–H and O–H groups in total. The third-order valence-corrected chi connectivity index (χ3v) is 6.64. The van der Waals surface area contributed by atoms with E-state index in [1.807, 2.05) is 0 Å². The van der Waals surface area contributed by atoms with E-state index in [-0.39, 0.29) is 29.7 Å². The summed E-state index contributed by atoms with van der Waals surface area (Å²) in [5.74, 6) is -6.80. The van der Waals surface area contributed by atoms with Gasteiger partial charge in [0.1, 0.15) is 22.8 Å². The molecular formula is C21H23N3O7. The third-order valence-electron chi connectivity index (χ3n) is 6.64. The van der Waals surface area contributed by atoms with Gasteiger partial charge in [0.15, 0.2) is 11.4 Å². The van der Waals surface area contributed by atoms with Crippen LogP contribution in [0.15, 0.2) is 29.0 Å². The van der Waals surface area contributed by atoms with Crippen molar-refractivity contribution in [2.75, 3.05) is 19.8 Å². The fourth-order valence-electron chi connectivity index (χ4n) is 5.27. The first kappa shape index (κ1) is 20.9. The van der Waals surface area contributed by atoms with E-state index in [4.69, 9.17) is 11.5 Å². The van der Waals surface area contributed by atoms with Crippen LogP contribution >= 0.6 is 0 Å². The zero-order chi connectivity index (χ0) is 23.0. The number of Topliss-reactive ketones (excluding diaryl/α,β-unsaturated/α-hetero) is 2. The second-order valence-corrected chi connectivity index (χ2v) is 8.49. The third kappa shape index (κ3) is 2.55. The number of hydrogen-bond acceptors (Lipinski definition) is 9. The normalized spacial score (nSPS) is 30.3. The van der Waals surface area contributed by atoms with Gasteiger partial charge < -0.3 is 31.9 Å². The van der Waals surface area contributed by atoms with Gasteiger partial charge >= 0.3 is 0 Å². The highest BCUT2D eigenvalue weighted by Crippen LogP contribution is 2.53. The van der Waals surface area contributed by atoms with E-state index < -0.39 is 58.0 Å². The molecule has 1 fully saturated rings. The Morgan fingerprint density at radius 1 is 1.19 bits per heavy atom. The predicted octanol–water partition coefficient (Wildman–Crippen LogP) is -0.454. The number of hydrogen-bond donors (Lipinski definition) is 6. The van der Waals surface area contributed by atoms with Crippen LogP contribution in [0.2, 0.25) is 0 Å². The van der Waals surface area contributed by atoms with Crippen LogP contribution in [0.25, 0.3) is 5.76 Å². The van der Waals surface area contributed by atoms with E-state index >= 15 is 0 Å². The molecule has 1 amide bonds. The van der Waals surface area contributed by atoms with Gasteiger partial charge in [-0.2, -0.15) is 0 Å². The van der Waals surface area contributed by atoms with E-state index in [2.05, 4.69) is 0 Å². The molecule has 3 aliphatic carbocycles. The number of primary amides is 1. The molecule has 3 aliphatic rings. The zero-order valence-corrected chi connectivity index (χ0v) is 16.9. The van der Waals surface area contributed by atoms with Gasteiger partial charge in [0, 0.05) is 17.2 Å². The smallest absolute Gasteiger partial charge is 0.255 e. The van der Waals surface area contributed by atoms with Crippen LogP contribution in [-0.4, -0.2) is 68.5 Å². The molecule has 164 valence electrons. The van der Waals surface area contributed by atoms with Crippen LogP contribution in [0.3, 0.4) is 0 Å². The molecule has 0 heterocycles. The van der Waals surface area contributed by atoms with Crippen LogP contribution in [-0.2, 0) is 20.8 Å². The first-order valence-electron chi connectivity index (χ1n) is 9.68. The number of aliphatic hydroxyl groups is 3. The van der Waals surface area contributed by atoms with Crippen molar-refractivity contribution in [3.63, 3.8) is 0 Å². The number of nitrogens with zero attached hydrogens (tertiary/aromatic N) is 1. The second kappa shape index (κ2) is 6.56. The summed E-state index contributed by atoms with van der Waals surface area (Å²) in [6, 6.07) is 1.65. The van der Waals surface area contributed by atoms with E-state index in [1.54, 1.807) is 14.1 Å². The van der Waals surface area contributed by atoms with Crippen LogP contribution in [0.1, 0.15) is 17.5 Å².